The van der Waals surface area contributed by atoms with Crippen LogP contribution in [0.3, 0.4) is 0 Å². The molecule has 0 atom stereocenters. The fraction of sp³-hybridized carbons (Fsp3) is 0.429. The number of hydrogen-bond acceptors (Lipinski definition) is 6. The molecule has 2 aromatic rings. The standard InChI is InChI=1S/C14H15ClN4O2S/c15-10-3-8-5-20-7-21-12(8)9(4-10)6-22-14-18-17-13(16)19(14)11-1-2-11/h3-4,11H,1-2,5-7H2,(H2,16,17). The minimum absolute atomic E-state index is 0.275. The smallest absolute Gasteiger partial charge is 0.222 e. The van der Waals surface area contributed by atoms with Crippen molar-refractivity contribution in [1.29, 1.82) is 0 Å². The van der Waals surface area contributed by atoms with Gasteiger partial charge in [-0.15, -0.1) is 10.2 Å². The van der Waals surface area contributed by atoms with Crippen LogP contribution >= 0.6 is 23.4 Å². The Morgan fingerprint density at radius 1 is 1.36 bits per heavy atom. The third-order valence-corrected chi connectivity index (χ3v) is 4.92. The molecule has 4 rings (SSSR count). The zero-order valence-corrected chi connectivity index (χ0v) is 13.4. The van der Waals surface area contributed by atoms with E-state index in [4.69, 9.17) is 26.8 Å². The summed E-state index contributed by atoms with van der Waals surface area (Å²) in [6, 6.07) is 4.27. The minimum Gasteiger partial charge on any atom is -0.467 e. The third kappa shape index (κ3) is 2.64. The van der Waals surface area contributed by atoms with Gasteiger partial charge in [0.2, 0.25) is 5.95 Å². The SMILES string of the molecule is Nc1nnc(SCc2cc(Cl)cc3c2OCOC3)n1C1CC1. The predicted molar refractivity (Wildman–Crippen MR) is 84.0 cm³/mol. The highest BCUT2D eigenvalue weighted by atomic mass is 35.5. The Bertz CT molecular complexity index is 717. The highest BCUT2D eigenvalue weighted by Gasteiger charge is 2.29. The quantitative estimate of drug-likeness (QED) is 0.864. The van der Waals surface area contributed by atoms with E-state index in [1.54, 1.807) is 11.8 Å². The molecule has 1 saturated carbocycles. The summed E-state index contributed by atoms with van der Waals surface area (Å²) in [6.45, 7) is 0.802. The van der Waals surface area contributed by atoms with Gasteiger partial charge in [0.25, 0.3) is 0 Å². The normalized spacial score (nSPS) is 17.1. The van der Waals surface area contributed by atoms with E-state index in [1.807, 2.05) is 16.7 Å². The lowest BCUT2D eigenvalue weighted by molar-refractivity contribution is -0.0168. The molecule has 1 aliphatic heterocycles. The number of thioether (sulfide) groups is 1. The molecule has 1 aromatic carbocycles. The highest BCUT2D eigenvalue weighted by Crippen LogP contribution is 2.41. The Hall–Kier alpha value is -1.44. The predicted octanol–water partition coefficient (Wildman–Crippen LogP) is 3.01. The first kappa shape index (κ1) is 14.2. The number of benzene rings is 1. The summed E-state index contributed by atoms with van der Waals surface area (Å²) in [5.41, 5.74) is 7.93. The molecule has 2 N–H and O–H groups in total. The van der Waals surface area contributed by atoms with E-state index < -0.39 is 0 Å². The van der Waals surface area contributed by atoms with E-state index in [0.29, 0.717) is 29.4 Å². The van der Waals surface area contributed by atoms with Gasteiger partial charge in [0.1, 0.15) is 5.75 Å². The Morgan fingerprint density at radius 3 is 3.05 bits per heavy atom. The molecule has 0 saturated heterocycles. The van der Waals surface area contributed by atoms with Gasteiger partial charge in [-0.1, -0.05) is 23.4 Å². The maximum Gasteiger partial charge on any atom is 0.222 e. The topological polar surface area (TPSA) is 75.2 Å². The van der Waals surface area contributed by atoms with Crippen LogP contribution in [0.4, 0.5) is 5.95 Å². The summed E-state index contributed by atoms with van der Waals surface area (Å²) < 4.78 is 13.0. The Balaban J connectivity index is 1.58. The van der Waals surface area contributed by atoms with Crippen molar-refractivity contribution in [3.8, 4) is 5.75 Å². The summed E-state index contributed by atoms with van der Waals surface area (Å²) in [7, 11) is 0. The summed E-state index contributed by atoms with van der Waals surface area (Å²) in [6.07, 6.45) is 2.28. The molecule has 2 aliphatic rings. The zero-order valence-electron chi connectivity index (χ0n) is 11.8. The average molecular weight is 339 g/mol. The largest absolute Gasteiger partial charge is 0.467 e. The van der Waals surface area contributed by atoms with Crippen LogP contribution in [0.15, 0.2) is 17.3 Å². The number of hydrogen-bond donors (Lipinski definition) is 1. The maximum atomic E-state index is 6.19. The Labute approximate surface area is 136 Å². The van der Waals surface area contributed by atoms with Gasteiger partial charge in [-0.2, -0.15) is 0 Å². The van der Waals surface area contributed by atoms with Gasteiger partial charge in [-0.3, -0.25) is 4.57 Å². The van der Waals surface area contributed by atoms with Gasteiger partial charge >= 0.3 is 0 Å². The molecule has 8 heteroatoms. The molecular formula is C14H15ClN4O2S. The van der Waals surface area contributed by atoms with Crippen LogP contribution in [0.1, 0.15) is 30.0 Å². The van der Waals surface area contributed by atoms with Gasteiger partial charge < -0.3 is 15.2 Å². The van der Waals surface area contributed by atoms with Crippen LogP contribution in [0.5, 0.6) is 5.75 Å². The van der Waals surface area contributed by atoms with E-state index in [1.165, 1.54) is 0 Å². The van der Waals surface area contributed by atoms with Crippen LogP contribution in [0.2, 0.25) is 5.02 Å². The second kappa shape index (κ2) is 5.64. The van der Waals surface area contributed by atoms with Gasteiger partial charge in [0.05, 0.1) is 6.61 Å². The summed E-state index contributed by atoms with van der Waals surface area (Å²) in [4.78, 5) is 0. The fourth-order valence-electron chi connectivity index (χ4n) is 2.57. The number of anilines is 1. The minimum atomic E-state index is 0.275. The maximum absolute atomic E-state index is 6.19. The molecule has 0 unspecified atom stereocenters. The molecule has 2 heterocycles. The molecular weight excluding hydrogens is 324 g/mol. The molecule has 1 aromatic heterocycles. The monoisotopic (exact) mass is 338 g/mol. The van der Waals surface area contributed by atoms with Crippen LogP contribution in [-0.4, -0.2) is 21.6 Å². The molecule has 1 fully saturated rings. The number of fused-ring (bicyclic) bond motifs is 1. The van der Waals surface area contributed by atoms with E-state index in [9.17, 15) is 0 Å². The lowest BCUT2D eigenvalue weighted by Gasteiger charge is -2.21. The van der Waals surface area contributed by atoms with Crippen molar-refractivity contribution in [2.24, 2.45) is 0 Å². The number of ether oxygens (including phenoxy) is 2. The van der Waals surface area contributed by atoms with Crippen molar-refractivity contribution in [1.82, 2.24) is 14.8 Å². The van der Waals surface area contributed by atoms with Crippen molar-refractivity contribution in [3.63, 3.8) is 0 Å². The van der Waals surface area contributed by atoms with Crippen molar-refractivity contribution in [2.45, 2.75) is 36.4 Å². The van der Waals surface area contributed by atoms with Crippen molar-refractivity contribution in [3.05, 3.63) is 28.3 Å². The van der Waals surface area contributed by atoms with Gasteiger partial charge in [0.15, 0.2) is 11.9 Å². The molecule has 22 heavy (non-hydrogen) atoms. The number of nitrogens with zero attached hydrogens (tertiary/aromatic N) is 3. The van der Waals surface area contributed by atoms with Crippen molar-refractivity contribution in [2.75, 3.05) is 12.5 Å². The number of aromatic nitrogens is 3. The van der Waals surface area contributed by atoms with Crippen LogP contribution < -0.4 is 10.5 Å². The fourth-order valence-corrected chi connectivity index (χ4v) is 3.81. The molecule has 1 aliphatic carbocycles. The average Bonchev–Trinajstić information content (AvgIpc) is 3.28. The second-order valence-corrected chi connectivity index (χ2v) is 6.77. The third-order valence-electron chi connectivity index (χ3n) is 3.71. The van der Waals surface area contributed by atoms with E-state index in [-0.39, 0.29) is 6.79 Å². The molecule has 6 nitrogen and oxygen atoms in total. The Kier molecular flexibility index (Phi) is 3.63. The van der Waals surface area contributed by atoms with Crippen LogP contribution in [0.25, 0.3) is 0 Å². The number of nitrogen functional groups attached to an aromatic ring is 1. The molecule has 0 amide bonds. The van der Waals surface area contributed by atoms with E-state index >= 15 is 0 Å². The lowest BCUT2D eigenvalue weighted by atomic mass is 10.1. The lowest BCUT2D eigenvalue weighted by Crippen LogP contribution is -2.13. The summed E-state index contributed by atoms with van der Waals surface area (Å²) in [5.74, 6) is 2.06. The van der Waals surface area contributed by atoms with Gasteiger partial charge in [-0.05, 0) is 25.0 Å². The number of rotatable bonds is 4. The Morgan fingerprint density at radius 2 is 2.23 bits per heavy atom. The zero-order chi connectivity index (χ0) is 15.1. The van der Waals surface area contributed by atoms with Crippen molar-refractivity contribution < 1.29 is 9.47 Å². The number of halogens is 1. The van der Waals surface area contributed by atoms with Gasteiger partial charge in [-0.25, -0.2) is 0 Å². The van der Waals surface area contributed by atoms with E-state index in [0.717, 1.165) is 34.9 Å². The summed E-state index contributed by atoms with van der Waals surface area (Å²) in [5, 5.41) is 9.70. The van der Waals surface area contributed by atoms with Gasteiger partial charge in [0, 0.05) is 27.9 Å². The molecule has 0 spiro atoms. The molecule has 0 radical (unpaired) electrons. The molecule has 116 valence electrons. The second-order valence-electron chi connectivity index (χ2n) is 5.39. The summed E-state index contributed by atoms with van der Waals surface area (Å²) >= 11 is 7.79. The van der Waals surface area contributed by atoms with Crippen molar-refractivity contribution >= 4 is 29.3 Å². The highest BCUT2D eigenvalue weighted by molar-refractivity contribution is 7.98. The first-order valence-corrected chi connectivity index (χ1v) is 8.44. The number of nitrogens with two attached hydrogens (primary N) is 1. The first-order chi connectivity index (χ1) is 10.7. The molecule has 0 bridgehead atoms. The van der Waals surface area contributed by atoms with Crippen LogP contribution in [-0.2, 0) is 17.1 Å². The van der Waals surface area contributed by atoms with Crippen LogP contribution in [0, 0.1) is 0 Å². The first-order valence-electron chi connectivity index (χ1n) is 7.07. The van der Waals surface area contributed by atoms with E-state index in [2.05, 4.69) is 10.2 Å².